The van der Waals surface area contributed by atoms with E-state index in [4.69, 9.17) is 5.26 Å². The second-order valence-corrected chi connectivity index (χ2v) is 7.39. The van der Waals surface area contributed by atoms with Crippen molar-refractivity contribution in [3.63, 3.8) is 0 Å². The van der Waals surface area contributed by atoms with Crippen molar-refractivity contribution in [3.05, 3.63) is 52.2 Å². The molecule has 1 aromatic heterocycles. The number of hydrogen-bond donors (Lipinski definition) is 1. The molecule has 0 aliphatic carbocycles. The van der Waals surface area contributed by atoms with Crippen molar-refractivity contribution < 1.29 is 12.8 Å². The molecular weight excluding hydrogens is 299 g/mol. The second kappa shape index (κ2) is 5.71. The maximum Gasteiger partial charge on any atom is 0.250 e. The van der Waals surface area contributed by atoms with E-state index in [1.807, 2.05) is 13.0 Å². The first-order chi connectivity index (χ1) is 9.42. The molecule has 0 atom stereocenters. The molecule has 0 unspecified atom stereocenters. The monoisotopic (exact) mass is 310 g/mol. The summed E-state index contributed by atoms with van der Waals surface area (Å²) in [6, 6.07) is 8.97. The van der Waals surface area contributed by atoms with Crippen molar-refractivity contribution in [2.45, 2.75) is 17.7 Å². The van der Waals surface area contributed by atoms with Gasteiger partial charge in [0.15, 0.2) is 0 Å². The van der Waals surface area contributed by atoms with Crippen LogP contribution in [0.25, 0.3) is 0 Å². The van der Waals surface area contributed by atoms with Gasteiger partial charge in [-0.05, 0) is 31.2 Å². The Labute approximate surface area is 120 Å². The van der Waals surface area contributed by atoms with Crippen LogP contribution in [0.2, 0.25) is 0 Å². The largest absolute Gasteiger partial charge is 0.250 e. The van der Waals surface area contributed by atoms with Gasteiger partial charge >= 0.3 is 0 Å². The van der Waals surface area contributed by atoms with E-state index >= 15 is 0 Å². The summed E-state index contributed by atoms with van der Waals surface area (Å²) in [5, 5.41) is 8.64. The maximum atomic E-state index is 13.6. The van der Waals surface area contributed by atoms with E-state index in [9.17, 15) is 12.8 Å². The third kappa shape index (κ3) is 3.22. The second-order valence-electron chi connectivity index (χ2n) is 4.11. The summed E-state index contributed by atoms with van der Waals surface area (Å²) < 4.78 is 40.1. The van der Waals surface area contributed by atoms with Crippen LogP contribution < -0.4 is 4.72 Å². The van der Waals surface area contributed by atoms with Gasteiger partial charge < -0.3 is 0 Å². The van der Waals surface area contributed by atoms with E-state index in [0.29, 0.717) is 0 Å². The summed E-state index contributed by atoms with van der Waals surface area (Å²) in [5.41, 5.74) is 0.392. The number of hydrogen-bond acceptors (Lipinski definition) is 4. The normalized spacial score (nSPS) is 11.2. The number of sulfonamides is 1. The van der Waals surface area contributed by atoms with Crippen molar-refractivity contribution in [1.29, 1.82) is 5.26 Å². The van der Waals surface area contributed by atoms with Crippen LogP contribution in [0.4, 0.5) is 4.39 Å². The molecule has 7 heteroatoms. The standard InChI is InChI=1S/C13H11FN2O2S2/c1-9-2-5-13(19-9)20(17,18)16-8-11-4-3-10(7-15)6-12(11)14/h2-6,16H,8H2,1H3. The van der Waals surface area contributed by atoms with E-state index in [1.54, 1.807) is 6.07 Å². The van der Waals surface area contributed by atoms with Gasteiger partial charge in [0.1, 0.15) is 10.0 Å². The fourth-order valence-electron chi connectivity index (χ4n) is 1.56. The predicted octanol–water partition coefficient (Wildman–Crippen LogP) is 2.55. The number of nitrogens with zero attached hydrogens (tertiary/aromatic N) is 1. The molecule has 0 saturated carbocycles. The Balaban J connectivity index is 2.15. The number of nitrogens with one attached hydrogen (secondary N) is 1. The van der Waals surface area contributed by atoms with Crippen LogP contribution in [-0.4, -0.2) is 8.42 Å². The SMILES string of the molecule is Cc1ccc(S(=O)(=O)NCc2ccc(C#N)cc2F)s1. The summed E-state index contributed by atoms with van der Waals surface area (Å²) in [6.45, 7) is 1.65. The van der Waals surface area contributed by atoms with Gasteiger partial charge in [-0.3, -0.25) is 0 Å². The number of aryl methyl sites for hydroxylation is 1. The van der Waals surface area contributed by atoms with E-state index in [0.717, 1.165) is 22.3 Å². The van der Waals surface area contributed by atoms with Crippen LogP contribution in [0.15, 0.2) is 34.5 Å². The molecule has 2 rings (SSSR count). The molecule has 0 aliphatic heterocycles. The molecule has 0 bridgehead atoms. The van der Waals surface area contributed by atoms with Gasteiger partial charge in [0.25, 0.3) is 0 Å². The number of halogens is 1. The topological polar surface area (TPSA) is 70.0 Å². The molecule has 1 heterocycles. The summed E-state index contributed by atoms with van der Waals surface area (Å²) in [4.78, 5) is 0.884. The molecule has 0 spiro atoms. The molecule has 0 radical (unpaired) electrons. The van der Waals surface area contributed by atoms with Crippen molar-refractivity contribution in [2.24, 2.45) is 0 Å². The third-order valence-corrected chi connectivity index (χ3v) is 5.51. The van der Waals surface area contributed by atoms with Crippen LogP contribution in [0, 0.1) is 24.1 Å². The van der Waals surface area contributed by atoms with E-state index in [-0.39, 0.29) is 21.9 Å². The molecule has 0 saturated heterocycles. The minimum Gasteiger partial charge on any atom is -0.207 e. The Kier molecular flexibility index (Phi) is 4.18. The van der Waals surface area contributed by atoms with Crippen LogP contribution >= 0.6 is 11.3 Å². The first-order valence-corrected chi connectivity index (χ1v) is 7.97. The molecule has 0 fully saturated rings. The first-order valence-electron chi connectivity index (χ1n) is 5.67. The Morgan fingerprint density at radius 3 is 2.65 bits per heavy atom. The highest BCUT2D eigenvalue weighted by Crippen LogP contribution is 2.20. The lowest BCUT2D eigenvalue weighted by atomic mass is 10.1. The summed E-state index contributed by atoms with van der Waals surface area (Å²) in [7, 11) is -3.63. The van der Waals surface area contributed by atoms with Gasteiger partial charge in [-0.1, -0.05) is 6.07 Å². The summed E-state index contributed by atoms with van der Waals surface area (Å²) >= 11 is 1.15. The van der Waals surface area contributed by atoms with Crippen LogP contribution in [0.5, 0.6) is 0 Å². The molecule has 104 valence electrons. The highest BCUT2D eigenvalue weighted by molar-refractivity contribution is 7.91. The number of thiophene rings is 1. The molecule has 4 nitrogen and oxygen atoms in total. The quantitative estimate of drug-likeness (QED) is 0.943. The van der Waals surface area contributed by atoms with Crippen molar-refractivity contribution in [3.8, 4) is 6.07 Å². The average Bonchev–Trinajstić information content (AvgIpc) is 2.85. The number of benzene rings is 1. The van der Waals surface area contributed by atoms with E-state index in [2.05, 4.69) is 4.72 Å². The first kappa shape index (κ1) is 14.7. The third-order valence-electron chi connectivity index (χ3n) is 2.62. The minimum atomic E-state index is -3.63. The number of rotatable bonds is 4. The van der Waals surface area contributed by atoms with Crippen molar-refractivity contribution >= 4 is 21.4 Å². The van der Waals surface area contributed by atoms with Crippen molar-refractivity contribution in [2.75, 3.05) is 0 Å². The summed E-state index contributed by atoms with van der Waals surface area (Å²) in [6.07, 6.45) is 0. The smallest absolute Gasteiger partial charge is 0.207 e. The molecular formula is C13H11FN2O2S2. The Morgan fingerprint density at radius 2 is 2.10 bits per heavy atom. The zero-order chi connectivity index (χ0) is 14.8. The Hall–Kier alpha value is -1.75. The average molecular weight is 310 g/mol. The lowest BCUT2D eigenvalue weighted by Crippen LogP contribution is -2.22. The Bertz CT molecular complexity index is 776. The van der Waals surface area contributed by atoms with E-state index < -0.39 is 15.8 Å². The van der Waals surface area contributed by atoms with Crippen molar-refractivity contribution in [1.82, 2.24) is 4.72 Å². The molecule has 20 heavy (non-hydrogen) atoms. The summed E-state index contributed by atoms with van der Waals surface area (Å²) in [5.74, 6) is -0.603. The molecule has 1 aromatic carbocycles. The van der Waals surface area contributed by atoms with Gasteiger partial charge in [0, 0.05) is 17.0 Å². The molecule has 0 aliphatic rings. The molecule has 1 N–H and O–H groups in total. The highest BCUT2D eigenvalue weighted by atomic mass is 32.2. The highest BCUT2D eigenvalue weighted by Gasteiger charge is 2.16. The van der Waals surface area contributed by atoms with Gasteiger partial charge in [0.05, 0.1) is 11.6 Å². The van der Waals surface area contributed by atoms with Gasteiger partial charge in [-0.2, -0.15) is 5.26 Å². The van der Waals surface area contributed by atoms with Crippen LogP contribution in [0.1, 0.15) is 16.0 Å². The van der Waals surface area contributed by atoms with Gasteiger partial charge in [0.2, 0.25) is 10.0 Å². The fourth-order valence-corrected chi connectivity index (χ4v) is 3.90. The molecule has 2 aromatic rings. The zero-order valence-corrected chi connectivity index (χ0v) is 12.2. The maximum absolute atomic E-state index is 13.6. The lowest BCUT2D eigenvalue weighted by molar-refractivity contribution is 0.576. The Morgan fingerprint density at radius 1 is 1.35 bits per heavy atom. The molecule has 0 amide bonds. The lowest BCUT2D eigenvalue weighted by Gasteiger charge is -2.06. The van der Waals surface area contributed by atoms with Crippen LogP contribution in [0.3, 0.4) is 0 Å². The van der Waals surface area contributed by atoms with Crippen LogP contribution in [-0.2, 0) is 16.6 Å². The predicted molar refractivity (Wildman–Crippen MR) is 74.2 cm³/mol. The van der Waals surface area contributed by atoms with E-state index in [1.165, 1.54) is 18.2 Å². The minimum absolute atomic E-state index is 0.156. The fraction of sp³-hybridized carbons (Fsp3) is 0.154. The zero-order valence-electron chi connectivity index (χ0n) is 10.6. The van der Waals surface area contributed by atoms with Gasteiger partial charge in [-0.15, -0.1) is 11.3 Å². The van der Waals surface area contributed by atoms with Gasteiger partial charge in [-0.25, -0.2) is 17.5 Å². The number of nitriles is 1.